The second-order valence-electron chi connectivity index (χ2n) is 6.05. The van der Waals surface area contributed by atoms with Gasteiger partial charge in [-0.2, -0.15) is 5.10 Å². The first-order valence-electron chi connectivity index (χ1n) is 8.43. The van der Waals surface area contributed by atoms with E-state index in [0.29, 0.717) is 5.11 Å². The molecule has 5 nitrogen and oxygen atoms in total. The Hall–Kier alpha value is -1.50. The third-order valence-corrected chi connectivity index (χ3v) is 4.68. The summed E-state index contributed by atoms with van der Waals surface area (Å²) < 4.78 is 5.36. The fourth-order valence-corrected chi connectivity index (χ4v) is 3.29. The van der Waals surface area contributed by atoms with Crippen LogP contribution < -0.4 is 15.6 Å². The van der Waals surface area contributed by atoms with E-state index in [0.717, 1.165) is 64.4 Å². The first-order valence-corrected chi connectivity index (χ1v) is 8.84. The Bertz CT molecular complexity index is 569. The van der Waals surface area contributed by atoms with E-state index in [4.69, 9.17) is 17.0 Å². The number of fused-ring (bicyclic) bond motifs is 1. The predicted molar refractivity (Wildman–Crippen MR) is 96.0 cm³/mol. The minimum Gasteiger partial charge on any atom is -0.370 e. The van der Waals surface area contributed by atoms with Crippen LogP contribution in [-0.4, -0.2) is 50.2 Å². The zero-order chi connectivity index (χ0) is 15.9. The van der Waals surface area contributed by atoms with Crippen molar-refractivity contribution < 1.29 is 9.64 Å². The van der Waals surface area contributed by atoms with Gasteiger partial charge in [0.2, 0.25) is 0 Å². The Morgan fingerprint density at radius 2 is 2.04 bits per heavy atom. The Labute approximate surface area is 143 Å². The second kappa shape index (κ2) is 8.38. The highest BCUT2D eigenvalue weighted by atomic mass is 32.1. The molecule has 124 valence electrons. The van der Waals surface area contributed by atoms with Gasteiger partial charge in [0.25, 0.3) is 0 Å². The largest absolute Gasteiger partial charge is 0.370 e. The Morgan fingerprint density at radius 1 is 1.22 bits per heavy atom. The van der Waals surface area contributed by atoms with E-state index in [1.807, 2.05) is 0 Å². The molecule has 6 heteroatoms. The molecule has 1 fully saturated rings. The summed E-state index contributed by atoms with van der Waals surface area (Å²) in [6.07, 6.45) is 3.29. The van der Waals surface area contributed by atoms with Gasteiger partial charge >= 0.3 is 0 Å². The van der Waals surface area contributed by atoms with Crippen LogP contribution in [0.25, 0.3) is 0 Å². The Balaban J connectivity index is 1.45. The van der Waals surface area contributed by atoms with Crippen molar-refractivity contribution in [3.8, 4) is 0 Å². The van der Waals surface area contributed by atoms with Gasteiger partial charge in [-0.25, -0.2) is 0 Å². The lowest BCUT2D eigenvalue weighted by molar-refractivity contribution is -0.906. The maximum Gasteiger partial charge on any atom is 0.187 e. The van der Waals surface area contributed by atoms with Crippen molar-refractivity contribution in [1.29, 1.82) is 0 Å². The van der Waals surface area contributed by atoms with Crippen LogP contribution >= 0.6 is 12.2 Å². The number of aryl methyl sites for hydroxylation is 1. The standard InChI is InChI=1S/C17H24N4OS/c23-17(18-8-9-21-10-12-22-13-11-21)20-19-16-7-3-5-14-4-1-2-6-15(14)16/h1-2,4,6H,3,5,7-13H2,(H2,18,20,23)/p+1/b19-16-. The van der Waals surface area contributed by atoms with E-state index >= 15 is 0 Å². The lowest BCUT2D eigenvalue weighted by Gasteiger charge is -2.23. The molecule has 1 aromatic carbocycles. The lowest BCUT2D eigenvalue weighted by atomic mass is 9.90. The van der Waals surface area contributed by atoms with Gasteiger partial charge < -0.3 is 15.0 Å². The summed E-state index contributed by atoms with van der Waals surface area (Å²) in [6, 6.07) is 8.50. The molecule has 0 saturated carbocycles. The number of nitrogens with zero attached hydrogens (tertiary/aromatic N) is 1. The fourth-order valence-electron chi connectivity index (χ4n) is 3.14. The van der Waals surface area contributed by atoms with Crippen molar-refractivity contribution in [2.24, 2.45) is 5.10 Å². The highest BCUT2D eigenvalue weighted by Crippen LogP contribution is 2.20. The van der Waals surface area contributed by atoms with Crippen molar-refractivity contribution in [3.05, 3.63) is 35.4 Å². The van der Waals surface area contributed by atoms with Crippen molar-refractivity contribution in [2.75, 3.05) is 39.4 Å². The van der Waals surface area contributed by atoms with Crippen LogP contribution in [0.15, 0.2) is 29.4 Å². The van der Waals surface area contributed by atoms with Crippen molar-refractivity contribution in [3.63, 3.8) is 0 Å². The molecular weight excluding hydrogens is 308 g/mol. The van der Waals surface area contributed by atoms with Crippen LogP contribution in [0.1, 0.15) is 24.0 Å². The van der Waals surface area contributed by atoms with Crippen LogP contribution in [0, 0.1) is 0 Å². The van der Waals surface area contributed by atoms with Gasteiger partial charge in [0.15, 0.2) is 5.11 Å². The summed E-state index contributed by atoms with van der Waals surface area (Å²) in [7, 11) is 0. The quantitative estimate of drug-likeness (QED) is 0.541. The van der Waals surface area contributed by atoms with Crippen LogP contribution in [0.4, 0.5) is 0 Å². The average Bonchev–Trinajstić information content (AvgIpc) is 2.61. The minimum absolute atomic E-state index is 0.605. The molecule has 23 heavy (non-hydrogen) atoms. The molecule has 0 atom stereocenters. The summed E-state index contributed by atoms with van der Waals surface area (Å²) in [5, 5.41) is 8.38. The van der Waals surface area contributed by atoms with Gasteiger partial charge in [-0.05, 0) is 37.0 Å². The number of benzene rings is 1. The van der Waals surface area contributed by atoms with E-state index in [1.54, 1.807) is 4.90 Å². The Kier molecular flexibility index (Phi) is 5.96. The van der Waals surface area contributed by atoms with Gasteiger partial charge in [0.05, 0.1) is 32.0 Å². The highest BCUT2D eigenvalue weighted by Gasteiger charge is 2.15. The molecule has 1 aliphatic carbocycles. The first-order chi connectivity index (χ1) is 11.3. The van der Waals surface area contributed by atoms with Crippen molar-refractivity contribution in [1.82, 2.24) is 10.7 Å². The summed E-state index contributed by atoms with van der Waals surface area (Å²) >= 11 is 5.32. The van der Waals surface area contributed by atoms with E-state index in [2.05, 4.69) is 40.1 Å². The summed E-state index contributed by atoms with van der Waals surface area (Å²) in [4.78, 5) is 1.57. The number of ether oxygens (including phenoxy) is 1. The van der Waals surface area contributed by atoms with Gasteiger partial charge in [-0.1, -0.05) is 24.3 Å². The van der Waals surface area contributed by atoms with Gasteiger partial charge in [0, 0.05) is 5.56 Å². The van der Waals surface area contributed by atoms with Crippen LogP contribution in [-0.2, 0) is 11.2 Å². The Morgan fingerprint density at radius 3 is 2.91 bits per heavy atom. The van der Waals surface area contributed by atoms with E-state index < -0.39 is 0 Å². The molecule has 0 radical (unpaired) electrons. The molecule has 1 aromatic rings. The molecule has 0 amide bonds. The molecule has 1 heterocycles. The molecule has 3 N–H and O–H groups in total. The monoisotopic (exact) mass is 333 g/mol. The fraction of sp³-hybridized carbons (Fsp3) is 0.529. The molecular formula is C17H25N4OS+. The zero-order valence-electron chi connectivity index (χ0n) is 13.4. The number of thiocarbonyl (C=S) groups is 1. The number of hydrogen-bond acceptors (Lipinski definition) is 3. The second-order valence-corrected chi connectivity index (χ2v) is 6.46. The molecule has 0 unspecified atom stereocenters. The van der Waals surface area contributed by atoms with E-state index in [9.17, 15) is 0 Å². The maximum absolute atomic E-state index is 5.36. The maximum atomic E-state index is 5.36. The normalized spacial score (nSPS) is 20.1. The number of nitrogens with one attached hydrogen (secondary N) is 3. The number of hydrazone groups is 1. The van der Waals surface area contributed by atoms with Gasteiger partial charge in [-0.15, -0.1) is 0 Å². The summed E-state index contributed by atoms with van der Waals surface area (Å²) in [5.41, 5.74) is 6.75. The van der Waals surface area contributed by atoms with Crippen molar-refractivity contribution in [2.45, 2.75) is 19.3 Å². The van der Waals surface area contributed by atoms with Crippen LogP contribution in [0.2, 0.25) is 0 Å². The number of morpholine rings is 1. The third kappa shape index (κ3) is 4.73. The molecule has 0 spiro atoms. The molecule has 0 bridgehead atoms. The topological polar surface area (TPSA) is 50.1 Å². The van der Waals surface area contributed by atoms with Crippen molar-refractivity contribution >= 4 is 23.0 Å². The van der Waals surface area contributed by atoms with Crippen LogP contribution in [0.5, 0.6) is 0 Å². The van der Waals surface area contributed by atoms with E-state index in [1.165, 1.54) is 11.1 Å². The van der Waals surface area contributed by atoms with Crippen LogP contribution in [0.3, 0.4) is 0 Å². The summed E-state index contributed by atoms with van der Waals surface area (Å²) in [6.45, 7) is 5.82. The molecule has 1 saturated heterocycles. The van der Waals surface area contributed by atoms with Gasteiger partial charge in [-0.3, -0.25) is 5.43 Å². The van der Waals surface area contributed by atoms with E-state index in [-0.39, 0.29) is 0 Å². The third-order valence-electron chi connectivity index (χ3n) is 4.44. The highest BCUT2D eigenvalue weighted by molar-refractivity contribution is 7.80. The molecule has 3 rings (SSSR count). The molecule has 2 aliphatic rings. The smallest absolute Gasteiger partial charge is 0.187 e. The zero-order valence-corrected chi connectivity index (χ0v) is 14.3. The molecule has 0 aromatic heterocycles. The average molecular weight is 333 g/mol. The molecule has 1 aliphatic heterocycles. The number of hydrogen-bond donors (Lipinski definition) is 3. The number of rotatable bonds is 4. The SMILES string of the molecule is S=C(NCC[NH+]1CCOCC1)N/N=C1/CCCc2ccccc21. The first kappa shape index (κ1) is 16.4. The van der Waals surface area contributed by atoms with Gasteiger partial charge in [0.1, 0.15) is 13.1 Å². The lowest BCUT2D eigenvalue weighted by Crippen LogP contribution is -3.14. The predicted octanol–water partition coefficient (Wildman–Crippen LogP) is 0.106. The minimum atomic E-state index is 0.605. The number of quaternary nitrogens is 1. The summed E-state index contributed by atoms with van der Waals surface area (Å²) in [5.74, 6) is 0.